The molecular weight excluding hydrogens is 420 g/mol. The average molecular weight is 452 g/mol. The Labute approximate surface area is 194 Å². The van der Waals surface area contributed by atoms with Gasteiger partial charge >= 0.3 is 0 Å². The number of morpholine rings is 1. The van der Waals surface area contributed by atoms with E-state index in [1.54, 1.807) is 30.2 Å². The number of nitrogens with one attached hydrogen (secondary N) is 1. The molecule has 1 amide bonds. The lowest BCUT2D eigenvalue weighted by Gasteiger charge is -2.30. The first kappa shape index (κ1) is 23.1. The van der Waals surface area contributed by atoms with Crippen LogP contribution in [0.2, 0.25) is 0 Å². The molecule has 7 heteroatoms. The van der Waals surface area contributed by atoms with Gasteiger partial charge in [-0.25, -0.2) is 0 Å². The zero-order valence-electron chi connectivity index (χ0n) is 19.4. The molecule has 0 aliphatic carbocycles. The van der Waals surface area contributed by atoms with Gasteiger partial charge < -0.3 is 19.3 Å². The Bertz CT molecular complexity index is 1040. The number of Topliss-reactive ketones (excluding diaryl/α,β-unsaturated/α-hetero) is 2. The number of aryl methyl sites for hydroxylation is 2. The van der Waals surface area contributed by atoms with Crippen LogP contribution in [0, 0.1) is 19.8 Å². The first-order valence-corrected chi connectivity index (χ1v) is 11.4. The minimum absolute atomic E-state index is 0.319. The van der Waals surface area contributed by atoms with Crippen LogP contribution in [0.25, 0.3) is 0 Å². The molecule has 2 aromatic carbocycles. The lowest BCUT2D eigenvalue weighted by molar-refractivity contribution is -0.907. The maximum absolute atomic E-state index is 13.7. The minimum atomic E-state index is -1.06. The summed E-state index contributed by atoms with van der Waals surface area (Å²) in [5, 5.41) is 0. The number of methoxy groups -OCH3 is 1. The number of carbonyl (C=O) groups is 3. The Morgan fingerprint density at radius 2 is 1.79 bits per heavy atom. The van der Waals surface area contributed by atoms with Crippen LogP contribution in [-0.2, 0) is 14.3 Å². The van der Waals surface area contributed by atoms with E-state index in [4.69, 9.17) is 9.47 Å². The summed E-state index contributed by atoms with van der Waals surface area (Å²) in [5.41, 5.74) is 3.05. The molecule has 0 bridgehead atoms. The third kappa shape index (κ3) is 4.70. The zero-order valence-corrected chi connectivity index (χ0v) is 19.4. The molecule has 2 fully saturated rings. The van der Waals surface area contributed by atoms with Crippen LogP contribution in [0.5, 0.6) is 5.75 Å². The van der Waals surface area contributed by atoms with Crippen LogP contribution in [0.4, 0.5) is 0 Å². The Morgan fingerprint density at radius 3 is 2.42 bits per heavy atom. The Hall–Kier alpha value is -3.03. The lowest BCUT2D eigenvalue weighted by Crippen LogP contribution is -3.14. The van der Waals surface area contributed by atoms with Gasteiger partial charge in [-0.2, -0.15) is 0 Å². The lowest BCUT2D eigenvalue weighted by atomic mass is 9.85. The number of carbonyl (C=O) groups excluding carboxylic acids is 3. The molecule has 2 aliphatic rings. The van der Waals surface area contributed by atoms with Gasteiger partial charge in [-0.1, -0.05) is 29.8 Å². The predicted octanol–water partition coefficient (Wildman–Crippen LogP) is 1.18. The maximum atomic E-state index is 13.7. The molecular formula is C26H31N2O5+. The first-order chi connectivity index (χ1) is 15.9. The summed E-state index contributed by atoms with van der Waals surface area (Å²) in [6.45, 7) is 8.08. The molecule has 2 aliphatic heterocycles. The second kappa shape index (κ2) is 9.85. The van der Waals surface area contributed by atoms with Crippen molar-refractivity contribution in [1.29, 1.82) is 0 Å². The van der Waals surface area contributed by atoms with E-state index in [1.165, 1.54) is 4.90 Å². The van der Waals surface area contributed by atoms with E-state index in [2.05, 4.69) is 0 Å². The van der Waals surface area contributed by atoms with Crippen molar-refractivity contribution in [3.8, 4) is 5.75 Å². The Balaban J connectivity index is 1.67. The van der Waals surface area contributed by atoms with Crippen LogP contribution in [0.1, 0.15) is 33.1 Å². The number of ketones is 2. The number of benzene rings is 2. The van der Waals surface area contributed by atoms with E-state index in [9.17, 15) is 14.4 Å². The highest BCUT2D eigenvalue weighted by molar-refractivity contribution is 6.44. The molecule has 0 saturated carbocycles. The quantitative estimate of drug-likeness (QED) is 0.389. The largest absolute Gasteiger partial charge is 0.497 e. The van der Waals surface area contributed by atoms with Crippen molar-refractivity contribution in [3.63, 3.8) is 0 Å². The standard InChI is InChI=1S/C26H30N2O5/c1-17-4-6-19(7-5-17)23-22(24(29)21-9-8-20(32-3)16-18(21)2)25(30)26(31)28(23)11-10-27-12-14-33-15-13-27/h4-9,16,22-23H,10-15H2,1-3H3/p+1. The summed E-state index contributed by atoms with van der Waals surface area (Å²) in [7, 11) is 1.57. The molecule has 0 radical (unpaired) electrons. The third-order valence-corrected chi connectivity index (χ3v) is 6.71. The van der Waals surface area contributed by atoms with E-state index in [-0.39, 0.29) is 5.78 Å². The second-order valence-electron chi connectivity index (χ2n) is 8.85. The topological polar surface area (TPSA) is 77.4 Å². The van der Waals surface area contributed by atoms with Gasteiger partial charge in [0.2, 0.25) is 5.78 Å². The number of likely N-dealkylation sites (tertiary alicyclic amines) is 1. The van der Waals surface area contributed by atoms with Crippen LogP contribution < -0.4 is 9.64 Å². The van der Waals surface area contributed by atoms with Crippen molar-refractivity contribution in [1.82, 2.24) is 4.90 Å². The van der Waals surface area contributed by atoms with Crippen molar-refractivity contribution < 1.29 is 28.8 Å². The molecule has 4 rings (SSSR count). The molecule has 2 aromatic rings. The van der Waals surface area contributed by atoms with Gasteiger partial charge in [0, 0.05) is 5.56 Å². The Kier molecular flexibility index (Phi) is 6.91. The van der Waals surface area contributed by atoms with E-state index >= 15 is 0 Å². The van der Waals surface area contributed by atoms with Gasteiger partial charge in [-0.05, 0) is 43.2 Å². The van der Waals surface area contributed by atoms with Crippen LogP contribution in [0.3, 0.4) is 0 Å². The molecule has 7 nitrogen and oxygen atoms in total. The zero-order chi connectivity index (χ0) is 23.5. The molecule has 33 heavy (non-hydrogen) atoms. The molecule has 2 atom stereocenters. The summed E-state index contributed by atoms with van der Waals surface area (Å²) >= 11 is 0. The van der Waals surface area contributed by atoms with Crippen molar-refractivity contribution in [2.45, 2.75) is 19.9 Å². The van der Waals surface area contributed by atoms with Crippen molar-refractivity contribution in [2.24, 2.45) is 5.92 Å². The van der Waals surface area contributed by atoms with Gasteiger partial charge in [0.15, 0.2) is 5.78 Å². The van der Waals surface area contributed by atoms with Gasteiger partial charge in [0.1, 0.15) is 24.8 Å². The number of nitrogens with zero attached hydrogens (tertiary/aromatic N) is 1. The number of ether oxygens (including phenoxy) is 2. The van der Waals surface area contributed by atoms with E-state index in [0.29, 0.717) is 37.6 Å². The van der Waals surface area contributed by atoms with Crippen molar-refractivity contribution in [2.75, 3.05) is 46.5 Å². The smallest absolute Gasteiger partial charge is 0.291 e. The van der Waals surface area contributed by atoms with Gasteiger partial charge in [-0.3, -0.25) is 14.4 Å². The number of rotatable bonds is 7. The fourth-order valence-electron chi connectivity index (χ4n) is 4.76. The number of hydrogen-bond acceptors (Lipinski definition) is 5. The van der Waals surface area contributed by atoms with E-state index < -0.39 is 23.7 Å². The summed E-state index contributed by atoms with van der Waals surface area (Å²) in [5.74, 6) is -1.94. The number of quaternary nitrogens is 1. The van der Waals surface area contributed by atoms with Crippen LogP contribution in [0.15, 0.2) is 42.5 Å². The normalized spacial score (nSPS) is 21.5. The highest BCUT2D eigenvalue weighted by Gasteiger charge is 2.51. The summed E-state index contributed by atoms with van der Waals surface area (Å²) in [4.78, 5) is 42.9. The predicted molar refractivity (Wildman–Crippen MR) is 123 cm³/mol. The average Bonchev–Trinajstić information content (AvgIpc) is 3.08. The van der Waals surface area contributed by atoms with Gasteiger partial charge in [0.05, 0.1) is 39.5 Å². The van der Waals surface area contributed by atoms with E-state index in [1.807, 2.05) is 38.1 Å². The first-order valence-electron chi connectivity index (χ1n) is 11.4. The number of hydrogen-bond donors (Lipinski definition) is 1. The SMILES string of the molecule is COc1ccc(C(=O)C2C(=O)C(=O)N(CC[NH+]3CCOCC3)C2c2ccc(C)cc2)c(C)c1. The highest BCUT2D eigenvalue weighted by atomic mass is 16.5. The van der Waals surface area contributed by atoms with Crippen molar-refractivity contribution in [3.05, 3.63) is 64.7 Å². The molecule has 0 aromatic heterocycles. The summed E-state index contributed by atoms with van der Waals surface area (Å²) < 4.78 is 10.7. The third-order valence-electron chi connectivity index (χ3n) is 6.71. The molecule has 2 saturated heterocycles. The Morgan fingerprint density at radius 1 is 1.09 bits per heavy atom. The molecule has 174 valence electrons. The maximum Gasteiger partial charge on any atom is 0.291 e. The summed E-state index contributed by atoms with van der Waals surface area (Å²) in [6, 6.07) is 12.3. The van der Waals surface area contributed by atoms with E-state index in [0.717, 1.165) is 29.8 Å². The molecule has 0 spiro atoms. The monoisotopic (exact) mass is 451 g/mol. The molecule has 1 N–H and O–H groups in total. The minimum Gasteiger partial charge on any atom is -0.497 e. The van der Waals surface area contributed by atoms with Gasteiger partial charge in [0.25, 0.3) is 5.91 Å². The second-order valence-corrected chi connectivity index (χ2v) is 8.85. The molecule has 2 unspecified atom stereocenters. The van der Waals surface area contributed by atoms with Crippen LogP contribution in [-0.4, -0.2) is 68.9 Å². The van der Waals surface area contributed by atoms with Crippen molar-refractivity contribution >= 4 is 17.5 Å². The molecule has 2 heterocycles. The number of amides is 1. The fraction of sp³-hybridized carbons (Fsp3) is 0.423. The fourth-order valence-corrected chi connectivity index (χ4v) is 4.76. The van der Waals surface area contributed by atoms with Gasteiger partial charge in [-0.15, -0.1) is 0 Å². The highest BCUT2D eigenvalue weighted by Crippen LogP contribution is 2.38. The van der Waals surface area contributed by atoms with Crippen LogP contribution >= 0.6 is 0 Å². The summed E-state index contributed by atoms with van der Waals surface area (Å²) in [6.07, 6.45) is 0.